The molecule has 0 heteroatoms. The van der Waals surface area contributed by atoms with Crippen molar-refractivity contribution >= 4 is 0 Å². The van der Waals surface area contributed by atoms with Crippen LogP contribution in [0.4, 0.5) is 0 Å². The van der Waals surface area contributed by atoms with E-state index in [2.05, 4.69) is 26.7 Å². The maximum atomic E-state index is 3.66. The van der Waals surface area contributed by atoms with Crippen molar-refractivity contribution in [1.29, 1.82) is 0 Å². The SMILES string of the molecule is C.C=CC=C.C=CCCCCCC. The second-order valence-electron chi connectivity index (χ2n) is 2.61. The summed E-state index contributed by atoms with van der Waals surface area (Å²) in [6, 6.07) is 0. The summed E-state index contributed by atoms with van der Waals surface area (Å²) in [5.41, 5.74) is 0. The van der Waals surface area contributed by atoms with Crippen LogP contribution in [0.1, 0.15) is 46.5 Å². The Balaban J connectivity index is -0.000000173. The maximum Gasteiger partial charge on any atom is -0.0353 e. The van der Waals surface area contributed by atoms with Crippen LogP contribution in [0.25, 0.3) is 0 Å². The Bertz CT molecular complexity index is 94.6. The predicted octanol–water partition coefficient (Wildman–Crippen LogP) is 5.14. The van der Waals surface area contributed by atoms with Gasteiger partial charge in [-0.25, -0.2) is 0 Å². The summed E-state index contributed by atoms with van der Waals surface area (Å²) < 4.78 is 0. The molecule has 0 amide bonds. The van der Waals surface area contributed by atoms with Crippen molar-refractivity contribution in [3.05, 3.63) is 38.0 Å². The zero-order chi connectivity index (χ0) is 9.66. The molecule has 0 aliphatic rings. The minimum Gasteiger partial charge on any atom is -0.103 e. The first-order chi connectivity index (χ1) is 5.83. The van der Waals surface area contributed by atoms with Gasteiger partial charge in [-0.15, -0.1) is 6.58 Å². The Labute approximate surface area is 85.1 Å². The number of allylic oxidation sites excluding steroid dienone is 3. The van der Waals surface area contributed by atoms with Gasteiger partial charge >= 0.3 is 0 Å². The number of unbranched alkanes of at least 4 members (excludes halogenated alkanes) is 4. The first-order valence-electron chi connectivity index (χ1n) is 4.67. The third-order valence-electron chi connectivity index (χ3n) is 1.43. The molecule has 0 spiro atoms. The lowest BCUT2D eigenvalue weighted by atomic mass is 10.2. The molecule has 0 N–H and O–H groups in total. The zero-order valence-electron chi connectivity index (χ0n) is 8.39. The molecule has 0 aliphatic heterocycles. The van der Waals surface area contributed by atoms with Crippen LogP contribution in [0, 0.1) is 0 Å². The van der Waals surface area contributed by atoms with E-state index in [4.69, 9.17) is 0 Å². The van der Waals surface area contributed by atoms with Gasteiger partial charge in [0.2, 0.25) is 0 Å². The lowest BCUT2D eigenvalue weighted by molar-refractivity contribution is 0.675. The average Bonchev–Trinajstić information content (AvgIpc) is 2.13. The first-order valence-corrected chi connectivity index (χ1v) is 4.67. The van der Waals surface area contributed by atoms with Crippen LogP contribution in [0.2, 0.25) is 0 Å². The molecule has 0 radical (unpaired) electrons. The quantitative estimate of drug-likeness (QED) is 0.303. The third-order valence-corrected chi connectivity index (χ3v) is 1.43. The Hall–Kier alpha value is -0.780. The van der Waals surface area contributed by atoms with Crippen molar-refractivity contribution in [2.75, 3.05) is 0 Å². The molecule has 0 aromatic rings. The summed E-state index contributed by atoms with van der Waals surface area (Å²) in [6.45, 7) is 12.6. The zero-order valence-corrected chi connectivity index (χ0v) is 8.39. The molecular formula is C13H26. The average molecular weight is 182 g/mol. The van der Waals surface area contributed by atoms with Gasteiger partial charge in [-0.1, -0.05) is 65.0 Å². The molecule has 13 heavy (non-hydrogen) atoms. The second kappa shape index (κ2) is 22.5. The molecule has 0 aliphatic carbocycles. The monoisotopic (exact) mass is 182 g/mol. The van der Waals surface area contributed by atoms with Gasteiger partial charge in [0, 0.05) is 0 Å². The molecule has 0 atom stereocenters. The Morgan fingerprint density at radius 1 is 0.923 bits per heavy atom. The first kappa shape index (κ1) is 18.1. The van der Waals surface area contributed by atoms with Crippen LogP contribution in [0.15, 0.2) is 38.0 Å². The van der Waals surface area contributed by atoms with E-state index in [0.717, 1.165) is 0 Å². The summed E-state index contributed by atoms with van der Waals surface area (Å²) >= 11 is 0. The highest BCUT2D eigenvalue weighted by atomic mass is 13.9. The van der Waals surface area contributed by atoms with Gasteiger partial charge in [0.25, 0.3) is 0 Å². The highest BCUT2D eigenvalue weighted by Crippen LogP contribution is 2.01. The van der Waals surface area contributed by atoms with Gasteiger partial charge in [-0.05, 0) is 12.8 Å². The molecule has 0 aromatic heterocycles. The Morgan fingerprint density at radius 3 is 1.77 bits per heavy atom. The third kappa shape index (κ3) is 35.0. The highest BCUT2D eigenvalue weighted by molar-refractivity contribution is 4.88. The smallest absolute Gasteiger partial charge is 0.0353 e. The molecule has 0 aromatic carbocycles. The van der Waals surface area contributed by atoms with Gasteiger partial charge in [-0.2, -0.15) is 0 Å². The fraction of sp³-hybridized carbons (Fsp3) is 0.538. The van der Waals surface area contributed by atoms with Gasteiger partial charge in [0.05, 0.1) is 0 Å². The fourth-order valence-electron chi connectivity index (χ4n) is 0.715. The van der Waals surface area contributed by atoms with Crippen molar-refractivity contribution in [3.8, 4) is 0 Å². The molecule has 0 saturated carbocycles. The molecule has 0 nitrogen and oxygen atoms in total. The van der Waals surface area contributed by atoms with Crippen molar-refractivity contribution in [2.24, 2.45) is 0 Å². The van der Waals surface area contributed by atoms with Crippen LogP contribution in [-0.2, 0) is 0 Å². The van der Waals surface area contributed by atoms with Crippen molar-refractivity contribution < 1.29 is 0 Å². The summed E-state index contributed by atoms with van der Waals surface area (Å²) in [5, 5.41) is 0. The fourth-order valence-corrected chi connectivity index (χ4v) is 0.715. The van der Waals surface area contributed by atoms with E-state index in [-0.39, 0.29) is 7.43 Å². The molecule has 78 valence electrons. The maximum absolute atomic E-state index is 3.66. The Kier molecular flexibility index (Phi) is 31.3. The standard InChI is InChI=1S/C8H16.C4H6.CH4/c1-3-5-7-8-6-4-2;1-3-4-2;/h3H,1,4-8H2,2H3;3-4H,1-2H2;1H4. The van der Waals surface area contributed by atoms with Gasteiger partial charge in [0.1, 0.15) is 0 Å². The van der Waals surface area contributed by atoms with E-state index in [1.165, 1.54) is 32.1 Å². The normalized spacial score (nSPS) is 7.15. The molecule has 0 heterocycles. The van der Waals surface area contributed by atoms with E-state index < -0.39 is 0 Å². The van der Waals surface area contributed by atoms with E-state index in [1.54, 1.807) is 12.2 Å². The molecule has 0 fully saturated rings. The summed E-state index contributed by atoms with van der Waals surface area (Å²) in [4.78, 5) is 0. The van der Waals surface area contributed by atoms with Gasteiger partial charge in [-0.3, -0.25) is 0 Å². The minimum atomic E-state index is 0. The largest absolute Gasteiger partial charge is 0.103 e. The van der Waals surface area contributed by atoms with Crippen molar-refractivity contribution in [2.45, 2.75) is 46.5 Å². The van der Waals surface area contributed by atoms with Crippen molar-refractivity contribution in [1.82, 2.24) is 0 Å². The Morgan fingerprint density at radius 2 is 1.46 bits per heavy atom. The lowest BCUT2D eigenvalue weighted by Gasteiger charge is -1.91. The van der Waals surface area contributed by atoms with Crippen LogP contribution >= 0.6 is 0 Å². The minimum absolute atomic E-state index is 0. The summed E-state index contributed by atoms with van der Waals surface area (Å²) in [5.74, 6) is 0. The topological polar surface area (TPSA) is 0 Å². The van der Waals surface area contributed by atoms with Crippen LogP contribution in [0.5, 0.6) is 0 Å². The second-order valence-corrected chi connectivity index (χ2v) is 2.61. The van der Waals surface area contributed by atoms with Crippen LogP contribution < -0.4 is 0 Å². The molecule has 0 unspecified atom stereocenters. The van der Waals surface area contributed by atoms with Crippen LogP contribution in [0.3, 0.4) is 0 Å². The molecule has 0 bridgehead atoms. The number of hydrogen-bond donors (Lipinski definition) is 0. The van der Waals surface area contributed by atoms with Gasteiger partial charge in [0.15, 0.2) is 0 Å². The molecular weight excluding hydrogens is 156 g/mol. The molecule has 0 saturated heterocycles. The summed E-state index contributed by atoms with van der Waals surface area (Å²) in [7, 11) is 0. The van der Waals surface area contributed by atoms with E-state index in [9.17, 15) is 0 Å². The van der Waals surface area contributed by atoms with Crippen LogP contribution in [-0.4, -0.2) is 0 Å². The summed E-state index contributed by atoms with van der Waals surface area (Å²) in [6.07, 6.45) is 11.9. The lowest BCUT2D eigenvalue weighted by Crippen LogP contribution is -1.71. The van der Waals surface area contributed by atoms with E-state index in [0.29, 0.717) is 0 Å². The number of rotatable bonds is 6. The van der Waals surface area contributed by atoms with Crippen molar-refractivity contribution in [3.63, 3.8) is 0 Å². The van der Waals surface area contributed by atoms with Gasteiger partial charge < -0.3 is 0 Å². The van der Waals surface area contributed by atoms with E-state index in [1.807, 2.05) is 6.08 Å². The number of hydrogen-bond acceptors (Lipinski definition) is 0. The highest BCUT2D eigenvalue weighted by Gasteiger charge is 1.81. The van der Waals surface area contributed by atoms with E-state index >= 15 is 0 Å². The predicted molar refractivity (Wildman–Crippen MR) is 66.1 cm³/mol. The molecule has 0 rings (SSSR count).